The molecule has 0 atom stereocenters. The van der Waals surface area contributed by atoms with Crippen LogP contribution in [0.3, 0.4) is 0 Å². The van der Waals surface area contributed by atoms with E-state index in [4.69, 9.17) is 9.47 Å². The summed E-state index contributed by atoms with van der Waals surface area (Å²) in [7, 11) is 3.27. The molecule has 2 aromatic rings. The highest BCUT2D eigenvalue weighted by Gasteiger charge is 2.16. The molecule has 0 amide bonds. The zero-order valence-corrected chi connectivity index (χ0v) is 14.1. The number of ether oxygens (including phenoxy) is 2. The van der Waals surface area contributed by atoms with Gasteiger partial charge in [-0.2, -0.15) is 0 Å². The van der Waals surface area contributed by atoms with E-state index < -0.39 is 0 Å². The van der Waals surface area contributed by atoms with E-state index in [-0.39, 0.29) is 5.12 Å². The van der Waals surface area contributed by atoms with Crippen LogP contribution in [0.5, 0.6) is 11.5 Å². The standard InChI is InChI=1S/C18H20O3S/c1-5-12-6-7-13(20-2)10-16(12)17-11-14(21-3)8-9-15(17)18(19)22-4/h6-11H,5H2,1-4H3. The van der Waals surface area contributed by atoms with Crippen LogP contribution >= 0.6 is 11.8 Å². The van der Waals surface area contributed by atoms with Crippen molar-refractivity contribution in [1.29, 1.82) is 0 Å². The van der Waals surface area contributed by atoms with Crippen molar-refractivity contribution in [2.75, 3.05) is 20.5 Å². The average Bonchev–Trinajstić information content (AvgIpc) is 2.59. The number of hydrogen-bond donors (Lipinski definition) is 0. The molecule has 4 heteroatoms. The summed E-state index contributed by atoms with van der Waals surface area (Å²) in [4.78, 5) is 12.3. The molecule has 0 saturated heterocycles. The predicted molar refractivity (Wildman–Crippen MR) is 92.2 cm³/mol. The molecule has 0 N–H and O–H groups in total. The Morgan fingerprint density at radius 3 is 2.14 bits per heavy atom. The number of hydrogen-bond acceptors (Lipinski definition) is 4. The summed E-state index contributed by atoms with van der Waals surface area (Å²) < 4.78 is 10.7. The number of carbonyl (C=O) groups is 1. The van der Waals surface area contributed by atoms with Crippen LogP contribution in [0.2, 0.25) is 0 Å². The fourth-order valence-electron chi connectivity index (χ4n) is 2.40. The fourth-order valence-corrected chi connectivity index (χ4v) is 2.80. The van der Waals surface area contributed by atoms with E-state index in [0.717, 1.165) is 29.0 Å². The van der Waals surface area contributed by atoms with Crippen LogP contribution in [0.4, 0.5) is 0 Å². The number of aryl methyl sites for hydroxylation is 1. The summed E-state index contributed by atoms with van der Waals surface area (Å²) in [5, 5.41) is 0.0440. The highest BCUT2D eigenvalue weighted by Crippen LogP contribution is 2.34. The van der Waals surface area contributed by atoms with Gasteiger partial charge in [0, 0.05) is 5.56 Å². The largest absolute Gasteiger partial charge is 0.497 e. The third-order valence-corrected chi connectivity index (χ3v) is 4.21. The molecule has 0 spiro atoms. The summed E-state index contributed by atoms with van der Waals surface area (Å²) in [6, 6.07) is 11.5. The van der Waals surface area contributed by atoms with Crippen LogP contribution in [-0.2, 0) is 6.42 Å². The van der Waals surface area contributed by atoms with Crippen molar-refractivity contribution in [1.82, 2.24) is 0 Å². The minimum absolute atomic E-state index is 0.0440. The second kappa shape index (κ2) is 7.36. The first-order valence-corrected chi connectivity index (χ1v) is 8.30. The Bertz CT molecular complexity index is 680. The van der Waals surface area contributed by atoms with E-state index in [1.54, 1.807) is 20.5 Å². The smallest absolute Gasteiger partial charge is 0.219 e. The van der Waals surface area contributed by atoms with Crippen molar-refractivity contribution >= 4 is 16.9 Å². The lowest BCUT2D eigenvalue weighted by Gasteiger charge is -2.15. The molecule has 0 aliphatic carbocycles. The summed E-state index contributed by atoms with van der Waals surface area (Å²) in [5.74, 6) is 1.51. The fraction of sp³-hybridized carbons (Fsp3) is 0.278. The Kier molecular flexibility index (Phi) is 5.50. The first-order chi connectivity index (χ1) is 10.6. The van der Waals surface area contributed by atoms with Gasteiger partial charge in [-0.05, 0) is 59.7 Å². The molecule has 0 fully saturated rings. The van der Waals surface area contributed by atoms with Crippen molar-refractivity contribution < 1.29 is 14.3 Å². The van der Waals surface area contributed by atoms with E-state index in [1.807, 2.05) is 36.4 Å². The van der Waals surface area contributed by atoms with Crippen molar-refractivity contribution in [3.8, 4) is 22.6 Å². The lowest BCUT2D eigenvalue weighted by molar-refractivity contribution is 0.109. The van der Waals surface area contributed by atoms with Crippen LogP contribution in [0.25, 0.3) is 11.1 Å². The molecular weight excluding hydrogens is 296 g/mol. The number of thioether (sulfide) groups is 1. The number of benzene rings is 2. The normalized spacial score (nSPS) is 10.4. The van der Waals surface area contributed by atoms with Gasteiger partial charge in [-0.15, -0.1) is 0 Å². The second-order valence-corrected chi connectivity index (χ2v) is 5.56. The minimum atomic E-state index is 0.0440. The highest BCUT2D eigenvalue weighted by molar-refractivity contribution is 8.13. The molecule has 3 nitrogen and oxygen atoms in total. The zero-order chi connectivity index (χ0) is 16.1. The van der Waals surface area contributed by atoms with Crippen molar-refractivity contribution in [2.45, 2.75) is 13.3 Å². The molecule has 2 aromatic carbocycles. The maximum absolute atomic E-state index is 12.3. The monoisotopic (exact) mass is 316 g/mol. The summed E-state index contributed by atoms with van der Waals surface area (Å²) >= 11 is 1.21. The number of carbonyl (C=O) groups excluding carboxylic acids is 1. The molecule has 2 rings (SSSR count). The van der Waals surface area contributed by atoms with Gasteiger partial charge in [0.2, 0.25) is 5.12 Å². The Labute approximate surface area is 135 Å². The average molecular weight is 316 g/mol. The molecule has 0 bridgehead atoms. The van der Waals surface area contributed by atoms with E-state index >= 15 is 0 Å². The Morgan fingerprint density at radius 1 is 1.00 bits per heavy atom. The maximum Gasteiger partial charge on any atom is 0.219 e. The topological polar surface area (TPSA) is 35.5 Å². The van der Waals surface area contributed by atoms with Gasteiger partial charge in [0.1, 0.15) is 11.5 Å². The van der Waals surface area contributed by atoms with Gasteiger partial charge in [0.15, 0.2) is 0 Å². The van der Waals surface area contributed by atoms with Gasteiger partial charge in [-0.3, -0.25) is 4.79 Å². The van der Waals surface area contributed by atoms with Gasteiger partial charge in [-0.25, -0.2) is 0 Å². The highest BCUT2D eigenvalue weighted by atomic mass is 32.2. The molecule has 0 aromatic heterocycles. The zero-order valence-electron chi connectivity index (χ0n) is 13.3. The lowest BCUT2D eigenvalue weighted by atomic mass is 9.94. The molecule has 0 aliphatic rings. The lowest BCUT2D eigenvalue weighted by Crippen LogP contribution is -2.00. The number of methoxy groups -OCH3 is 2. The molecule has 0 heterocycles. The van der Waals surface area contributed by atoms with Gasteiger partial charge in [-0.1, -0.05) is 24.8 Å². The molecule has 0 unspecified atom stereocenters. The van der Waals surface area contributed by atoms with Crippen molar-refractivity contribution in [2.24, 2.45) is 0 Å². The van der Waals surface area contributed by atoms with E-state index in [0.29, 0.717) is 5.56 Å². The molecule has 0 radical (unpaired) electrons. The third-order valence-electron chi connectivity index (χ3n) is 3.62. The van der Waals surface area contributed by atoms with Gasteiger partial charge in [0.05, 0.1) is 14.2 Å². The summed E-state index contributed by atoms with van der Waals surface area (Å²) in [5.41, 5.74) is 3.76. The number of rotatable bonds is 5. The van der Waals surface area contributed by atoms with Crippen LogP contribution in [0, 0.1) is 0 Å². The van der Waals surface area contributed by atoms with Gasteiger partial charge >= 0.3 is 0 Å². The third kappa shape index (κ3) is 3.28. The SMILES string of the molecule is CCc1ccc(OC)cc1-c1cc(OC)ccc1C(=O)SC. The molecule has 0 aliphatic heterocycles. The molecular formula is C18H20O3S. The van der Waals surface area contributed by atoms with Crippen LogP contribution in [0.1, 0.15) is 22.8 Å². The first kappa shape index (κ1) is 16.4. The molecule has 22 heavy (non-hydrogen) atoms. The first-order valence-electron chi connectivity index (χ1n) is 7.08. The summed E-state index contributed by atoms with van der Waals surface area (Å²) in [6.45, 7) is 2.10. The quantitative estimate of drug-likeness (QED) is 0.817. The minimum Gasteiger partial charge on any atom is -0.497 e. The van der Waals surface area contributed by atoms with Crippen LogP contribution in [0.15, 0.2) is 36.4 Å². The molecule has 0 saturated carbocycles. The second-order valence-electron chi connectivity index (χ2n) is 4.78. The van der Waals surface area contributed by atoms with Crippen molar-refractivity contribution in [3.63, 3.8) is 0 Å². The Morgan fingerprint density at radius 2 is 1.59 bits per heavy atom. The van der Waals surface area contributed by atoms with Crippen molar-refractivity contribution in [3.05, 3.63) is 47.5 Å². The van der Waals surface area contributed by atoms with Crippen LogP contribution < -0.4 is 9.47 Å². The van der Waals surface area contributed by atoms with E-state index in [1.165, 1.54) is 17.3 Å². The van der Waals surface area contributed by atoms with Gasteiger partial charge in [0.25, 0.3) is 0 Å². The van der Waals surface area contributed by atoms with Gasteiger partial charge < -0.3 is 9.47 Å². The Balaban J connectivity index is 2.71. The van der Waals surface area contributed by atoms with E-state index in [2.05, 4.69) is 6.92 Å². The van der Waals surface area contributed by atoms with Crippen LogP contribution in [-0.4, -0.2) is 25.6 Å². The predicted octanol–water partition coefficient (Wildman–Crippen LogP) is 4.44. The summed E-state index contributed by atoms with van der Waals surface area (Å²) in [6.07, 6.45) is 2.67. The molecule has 116 valence electrons. The Hall–Kier alpha value is -1.94. The van der Waals surface area contributed by atoms with E-state index in [9.17, 15) is 4.79 Å². The maximum atomic E-state index is 12.3.